The molecule has 0 aromatic rings. The van der Waals surface area contributed by atoms with Gasteiger partial charge in [-0.25, -0.2) is 4.57 Å². The predicted molar refractivity (Wildman–Crippen MR) is 230 cm³/mol. The van der Waals surface area contributed by atoms with Crippen LogP contribution in [0.4, 0.5) is 0 Å². The summed E-state index contributed by atoms with van der Waals surface area (Å²) in [6.45, 7) is 3.23. The fourth-order valence-electron chi connectivity index (χ4n) is 6.73. The van der Waals surface area contributed by atoms with Crippen molar-refractivity contribution in [3.05, 3.63) is 36.5 Å². The molecule has 0 radical (unpaired) electrons. The first kappa shape index (κ1) is 55.1. The maximum absolute atomic E-state index is 12.8. The first-order chi connectivity index (χ1) is 28.4. The maximum Gasteiger partial charge on any atom is 0.472 e. The third-order valence-corrected chi connectivity index (χ3v) is 11.4. The van der Waals surface area contributed by atoms with Crippen LogP contribution in [0.3, 0.4) is 0 Å². The number of ether oxygens (including phenoxy) is 2. The Morgan fingerprint density at radius 3 is 1.46 bits per heavy atom. The van der Waals surface area contributed by atoms with Crippen LogP contribution < -0.4 is 0 Å². The van der Waals surface area contributed by atoms with Crippen LogP contribution >= 0.6 is 7.82 Å². The van der Waals surface area contributed by atoms with Gasteiger partial charge in [0, 0.05) is 12.8 Å². The van der Waals surface area contributed by atoms with Crippen molar-refractivity contribution in [2.24, 2.45) is 0 Å². The molecule has 59 heavy (non-hydrogen) atoms. The Hall–Kier alpha value is -1.93. The summed E-state index contributed by atoms with van der Waals surface area (Å²) < 4.78 is 33.4. The Bertz CT molecular complexity index is 1180. The van der Waals surface area contributed by atoms with Gasteiger partial charge in [-0.3, -0.25) is 18.6 Å². The second-order valence-corrected chi connectivity index (χ2v) is 17.3. The Balaban J connectivity index is 2.51. The Morgan fingerprint density at radius 1 is 0.525 bits per heavy atom. The number of aliphatic hydroxyl groups excluding tert-OH is 5. The van der Waals surface area contributed by atoms with Gasteiger partial charge in [-0.05, 0) is 64.2 Å². The Morgan fingerprint density at radius 2 is 0.932 bits per heavy atom. The van der Waals surface area contributed by atoms with Crippen molar-refractivity contribution in [2.75, 3.05) is 13.2 Å². The molecule has 0 aromatic carbocycles. The van der Waals surface area contributed by atoms with E-state index in [0.717, 1.165) is 51.4 Å². The zero-order valence-corrected chi connectivity index (χ0v) is 37.2. The molecule has 0 saturated heterocycles. The summed E-state index contributed by atoms with van der Waals surface area (Å²) >= 11 is 0. The molecule has 13 nitrogen and oxygen atoms in total. The number of hydrogen-bond acceptors (Lipinski definition) is 12. The van der Waals surface area contributed by atoms with Gasteiger partial charge in [0.05, 0.1) is 6.61 Å². The molecule has 0 heterocycles. The third-order valence-electron chi connectivity index (χ3n) is 10.5. The number of aliphatic hydroxyl groups is 5. The second kappa shape index (κ2) is 35.6. The van der Waals surface area contributed by atoms with Crippen molar-refractivity contribution >= 4 is 19.8 Å². The molecule has 0 aromatic heterocycles. The van der Waals surface area contributed by atoms with Gasteiger partial charge in [0.15, 0.2) is 6.10 Å². The molecule has 1 rings (SSSR count). The number of esters is 2. The number of hydrogen-bond donors (Lipinski definition) is 6. The average molecular weight is 861 g/mol. The molecule has 0 amide bonds. The van der Waals surface area contributed by atoms with Crippen molar-refractivity contribution in [1.82, 2.24) is 0 Å². The highest BCUT2D eigenvalue weighted by Crippen LogP contribution is 2.47. The first-order valence-electron chi connectivity index (χ1n) is 22.8. The number of carbonyl (C=O) groups excluding carboxylic acids is 2. The van der Waals surface area contributed by atoms with E-state index >= 15 is 0 Å². The molecule has 1 aliphatic rings. The van der Waals surface area contributed by atoms with Gasteiger partial charge in [-0.2, -0.15) is 0 Å². The van der Waals surface area contributed by atoms with E-state index in [-0.39, 0.29) is 12.8 Å². The van der Waals surface area contributed by atoms with Gasteiger partial charge in [0.2, 0.25) is 0 Å². The molecule has 344 valence electrons. The summed E-state index contributed by atoms with van der Waals surface area (Å²) in [5.41, 5.74) is 0. The molecule has 1 aliphatic carbocycles. The van der Waals surface area contributed by atoms with E-state index < -0.39 is 75.7 Å². The SMILES string of the molecule is CCCCCC/C=C/CCCCCCCC(=O)OC[C@H](COP(=O)(O)OC1C(O)C(O)C(O)[C@H](O)C1O)OC(=O)CCC/C=C/C/C=C/CCCCCCCCCCC. The average Bonchev–Trinajstić information content (AvgIpc) is 3.21. The smallest absolute Gasteiger partial charge is 0.462 e. The first-order valence-corrected chi connectivity index (χ1v) is 24.3. The quantitative estimate of drug-likeness (QED) is 0.0150. The van der Waals surface area contributed by atoms with Crippen molar-refractivity contribution in [3.8, 4) is 0 Å². The lowest BCUT2D eigenvalue weighted by atomic mass is 9.85. The summed E-state index contributed by atoms with van der Waals surface area (Å²) in [5.74, 6) is -1.16. The van der Waals surface area contributed by atoms with Crippen molar-refractivity contribution in [1.29, 1.82) is 0 Å². The van der Waals surface area contributed by atoms with E-state index in [9.17, 15) is 44.6 Å². The molecular weight excluding hydrogens is 779 g/mol. The number of phosphoric ester groups is 1. The van der Waals surface area contributed by atoms with Crippen LogP contribution in [0.2, 0.25) is 0 Å². The lowest BCUT2D eigenvalue weighted by Gasteiger charge is -2.41. The molecule has 1 fully saturated rings. The Labute approximate surface area is 355 Å². The molecule has 0 spiro atoms. The standard InChI is InChI=1S/C45H81O13P/c1-3-5-7-9-11-13-15-17-18-19-20-22-24-26-28-30-32-34-39(47)57-37(36-56-59(53,54)58-45-43(51)41(49)40(48)42(50)44(45)52)35-55-38(46)33-31-29-27-25-23-21-16-14-12-10-8-6-4-2/h14,16,20,22,26,28,37,40-45,48-52H,3-13,15,17-19,21,23-25,27,29-36H2,1-2H3,(H,53,54)/b16-14+,22-20+,28-26+/t37-,40?,41+,42?,43?,44?,45?/m1/s1. The number of unbranched alkanes of at least 4 members (excludes halogenated alkanes) is 19. The van der Waals surface area contributed by atoms with E-state index in [0.29, 0.717) is 19.3 Å². The molecule has 8 atom stereocenters. The summed E-state index contributed by atoms with van der Waals surface area (Å²) in [7, 11) is -5.13. The normalized spacial score (nSPS) is 22.6. The van der Waals surface area contributed by atoms with Crippen LogP contribution in [0.15, 0.2) is 36.5 Å². The van der Waals surface area contributed by atoms with E-state index in [2.05, 4.69) is 38.2 Å². The molecule has 6 N–H and O–H groups in total. The zero-order chi connectivity index (χ0) is 43.6. The monoisotopic (exact) mass is 861 g/mol. The summed E-state index contributed by atoms with van der Waals surface area (Å²) in [6.07, 6.45) is 26.4. The van der Waals surface area contributed by atoms with E-state index in [1.54, 1.807) is 0 Å². The van der Waals surface area contributed by atoms with Crippen LogP contribution in [0, 0.1) is 0 Å². The topological polar surface area (TPSA) is 210 Å². The van der Waals surface area contributed by atoms with Gasteiger partial charge < -0.3 is 39.9 Å². The van der Waals surface area contributed by atoms with Crippen molar-refractivity contribution in [3.63, 3.8) is 0 Å². The van der Waals surface area contributed by atoms with Crippen LogP contribution in [0.1, 0.15) is 181 Å². The number of allylic oxidation sites excluding steroid dienone is 6. The minimum Gasteiger partial charge on any atom is -0.462 e. The maximum atomic E-state index is 12.8. The fourth-order valence-corrected chi connectivity index (χ4v) is 7.70. The van der Waals surface area contributed by atoms with Crippen LogP contribution in [0.5, 0.6) is 0 Å². The lowest BCUT2D eigenvalue weighted by Crippen LogP contribution is -2.64. The predicted octanol–water partition coefficient (Wildman–Crippen LogP) is 8.61. The summed E-state index contributed by atoms with van der Waals surface area (Å²) in [6, 6.07) is 0. The molecule has 6 unspecified atom stereocenters. The molecular formula is C45H81O13P. The minimum absolute atomic E-state index is 0.0316. The van der Waals surface area contributed by atoms with Crippen LogP contribution in [-0.2, 0) is 32.7 Å². The third kappa shape index (κ3) is 28.3. The van der Waals surface area contributed by atoms with Crippen LogP contribution in [-0.4, -0.2) is 98.3 Å². The van der Waals surface area contributed by atoms with Gasteiger partial charge in [-0.1, -0.05) is 140 Å². The molecule has 0 bridgehead atoms. The lowest BCUT2D eigenvalue weighted by molar-refractivity contribution is -0.220. The van der Waals surface area contributed by atoms with E-state index in [1.165, 1.54) is 83.5 Å². The Kier molecular flexibility index (Phi) is 33.3. The fraction of sp³-hybridized carbons (Fsp3) is 0.822. The van der Waals surface area contributed by atoms with E-state index in [1.807, 2.05) is 12.2 Å². The number of rotatable bonds is 37. The van der Waals surface area contributed by atoms with Gasteiger partial charge in [0.1, 0.15) is 43.2 Å². The minimum atomic E-state index is -5.13. The van der Waals surface area contributed by atoms with Gasteiger partial charge in [0.25, 0.3) is 0 Å². The van der Waals surface area contributed by atoms with Crippen LogP contribution in [0.25, 0.3) is 0 Å². The highest BCUT2D eigenvalue weighted by molar-refractivity contribution is 7.47. The molecule has 14 heteroatoms. The number of phosphoric acid groups is 1. The van der Waals surface area contributed by atoms with Crippen molar-refractivity contribution in [2.45, 2.75) is 224 Å². The van der Waals surface area contributed by atoms with Crippen molar-refractivity contribution < 1.29 is 63.1 Å². The second-order valence-electron chi connectivity index (χ2n) is 15.9. The molecule has 0 aliphatic heterocycles. The summed E-state index contributed by atoms with van der Waals surface area (Å²) in [5, 5.41) is 50.1. The summed E-state index contributed by atoms with van der Waals surface area (Å²) in [4.78, 5) is 35.6. The zero-order valence-electron chi connectivity index (χ0n) is 36.3. The van der Waals surface area contributed by atoms with E-state index in [4.69, 9.17) is 18.5 Å². The highest BCUT2D eigenvalue weighted by atomic mass is 31.2. The largest absolute Gasteiger partial charge is 0.472 e. The van der Waals surface area contributed by atoms with Gasteiger partial charge >= 0.3 is 19.8 Å². The number of carbonyl (C=O) groups is 2. The van der Waals surface area contributed by atoms with Gasteiger partial charge in [-0.15, -0.1) is 0 Å². The highest BCUT2D eigenvalue weighted by Gasteiger charge is 2.51. The molecule has 1 saturated carbocycles.